The first-order valence-corrected chi connectivity index (χ1v) is 6.30. The van der Waals surface area contributed by atoms with E-state index in [9.17, 15) is 13.2 Å². The Balaban J connectivity index is 3.52. The van der Waals surface area contributed by atoms with Crippen LogP contribution >= 0.6 is 17.9 Å². The van der Waals surface area contributed by atoms with Crippen molar-refractivity contribution in [2.75, 3.05) is 6.61 Å². The quantitative estimate of drug-likeness (QED) is 0.570. The van der Waals surface area contributed by atoms with Gasteiger partial charge in [-0.2, -0.15) is 13.2 Å². The van der Waals surface area contributed by atoms with Crippen molar-refractivity contribution < 1.29 is 22.6 Å². The fourth-order valence-electron chi connectivity index (χ4n) is 0.280. The van der Waals surface area contributed by atoms with Crippen LogP contribution in [0.25, 0.3) is 0 Å². The Hall–Kier alpha value is 0.710. The van der Waals surface area contributed by atoms with Crippen LogP contribution in [0.3, 0.4) is 0 Å². The molecule has 0 rings (SSSR count). The van der Waals surface area contributed by atoms with Gasteiger partial charge in [-0.3, -0.25) is 0 Å². The lowest BCUT2D eigenvalue weighted by Gasteiger charge is -2.10. The zero-order valence-electron chi connectivity index (χ0n) is 5.21. The minimum Gasteiger partial charge on any atom is -0.338 e. The third kappa shape index (κ3) is 10.7. The molecule has 0 aromatic rings. The zero-order chi connectivity index (χ0) is 9.12. The van der Waals surface area contributed by atoms with Gasteiger partial charge in [0.05, 0.1) is 13.0 Å². The second kappa shape index (κ2) is 4.09. The molecule has 0 fully saturated rings. The van der Waals surface area contributed by atoms with E-state index in [2.05, 4.69) is 28.6 Å². The van der Waals surface area contributed by atoms with Crippen molar-refractivity contribution in [1.82, 2.24) is 0 Å². The minimum absolute atomic E-state index is 0.638. The first-order valence-electron chi connectivity index (χ1n) is 2.47. The van der Waals surface area contributed by atoms with Crippen molar-refractivity contribution >= 4 is 29.7 Å². The van der Waals surface area contributed by atoms with Gasteiger partial charge < -0.3 is 9.42 Å². The zero-order valence-corrected chi connectivity index (χ0v) is 7.81. The molecule has 0 aliphatic carbocycles. The van der Waals surface area contributed by atoms with Crippen LogP contribution in [0.1, 0.15) is 6.42 Å². The van der Waals surface area contributed by atoms with E-state index in [-0.39, 0.29) is 0 Å². The molecule has 11 heavy (non-hydrogen) atoms. The Morgan fingerprint density at radius 3 is 2.27 bits per heavy atom. The molecule has 0 aromatic carbocycles. The van der Waals surface area contributed by atoms with Crippen LogP contribution in [0.4, 0.5) is 13.2 Å². The summed E-state index contributed by atoms with van der Waals surface area (Å²) < 4.78 is 38.5. The Kier molecular flexibility index (Phi) is 4.36. The number of alkyl halides is 3. The molecule has 0 heterocycles. The van der Waals surface area contributed by atoms with Crippen LogP contribution < -0.4 is 0 Å². The molecule has 0 aliphatic rings. The summed E-state index contributed by atoms with van der Waals surface area (Å²) in [6, 6.07) is 0. The summed E-state index contributed by atoms with van der Waals surface area (Å²) in [6.45, 7) is -0.638. The van der Waals surface area contributed by atoms with Crippen LogP contribution in [0.2, 0.25) is 0 Å². The Morgan fingerprint density at radius 2 is 2.00 bits per heavy atom. The van der Waals surface area contributed by atoms with E-state index in [1.54, 1.807) is 0 Å². The van der Waals surface area contributed by atoms with Gasteiger partial charge >= 0.3 is 6.18 Å². The SMILES string of the molecule is OP(=S)(S)OCCC(F)(F)F. The van der Waals surface area contributed by atoms with Crippen molar-refractivity contribution in [3.05, 3.63) is 0 Å². The van der Waals surface area contributed by atoms with E-state index in [0.29, 0.717) is 0 Å². The first-order chi connectivity index (χ1) is 4.71. The number of thiol groups is 1. The maximum Gasteiger partial charge on any atom is 0.391 e. The topological polar surface area (TPSA) is 29.5 Å². The Bertz CT molecular complexity index is 164. The summed E-state index contributed by atoms with van der Waals surface area (Å²) in [4.78, 5) is 8.62. The third-order valence-electron chi connectivity index (χ3n) is 0.645. The molecule has 0 bridgehead atoms. The average Bonchev–Trinajstić information content (AvgIpc) is 1.55. The summed E-state index contributed by atoms with van der Waals surface area (Å²) in [6.07, 6.45) is -5.40. The smallest absolute Gasteiger partial charge is 0.338 e. The molecular weight excluding hydrogens is 220 g/mol. The second-order valence-corrected chi connectivity index (χ2v) is 6.85. The highest BCUT2D eigenvalue weighted by Gasteiger charge is 2.27. The van der Waals surface area contributed by atoms with Crippen LogP contribution in [0.5, 0.6) is 0 Å². The second-order valence-electron chi connectivity index (χ2n) is 1.69. The summed E-state index contributed by atoms with van der Waals surface area (Å²) in [5, 5.41) is 0. The normalized spacial score (nSPS) is 17.9. The van der Waals surface area contributed by atoms with Crippen molar-refractivity contribution in [3.8, 4) is 0 Å². The van der Waals surface area contributed by atoms with Gasteiger partial charge in [-0.1, -0.05) is 12.2 Å². The van der Waals surface area contributed by atoms with Gasteiger partial charge in [0.25, 0.3) is 0 Å². The van der Waals surface area contributed by atoms with Crippen molar-refractivity contribution in [2.45, 2.75) is 12.6 Å². The van der Waals surface area contributed by atoms with Gasteiger partial charge in [0.2, 0.25) is 5.69 Å². The fourth-order valence-corrected chi connectivity index (χ4v) is 1.08. The van der Waals surface area contributed by atoms with Gasteiger partial charge in [-0.25, -0.2) is 0 Å². The highest BCUT2D eigenvalue weighted by Crippen LogP contribution is 2.47. The largest absolute Gasteiger partial charge is 0.391 e. The van der Waals surface area contributed by atoms with Crippen LogP contribution in [0.15, 0.2) is 0 Å². The molecule has 0 saturated heterocycles. The molecule has 0 spiro atoms. The minimum atomic E-state index is -4.28. The first kappa shape index (κ1) is 11.7. The highest BCUT2D eigenvalue weighted by atomic mass is 32.9. The van der Waals surface area contributed by atoms with Gasteiger partial charge in [0, 0.05) is 0 Å². The molecule has 0 radical (unpaired) electrons. The van der Waals surface area contributed by atoms with Crippen LogP contribution in [-0.2, 0) is 16.3 Å². The molecule has 1 unspecified atom stereocenters. The van der Waals surface area contributed by atoms with Gasteiger partial charge in [-0.05, 0) is 11.8 Å². The maximum atomic E-state index is 11.4. The summed E-state index contributed by atoms with van der Waals surface area (Å²) in [5.41, 5.74) is -3.22. The third-order valence-corrected chi connectivity index (χ3v) is 1.83. The lowest BCUT2D eigenvalue weighted by Crippen LogP contribution is -2.10. The summed E-state index contributed by atoms with van der Waals surface area (Å²) >= 11 is 7.59. The molecule has 1 atom stereocenters. The number of halogens is 3. The van der Waals surface area contributed by atoms with E-state index >= 15 is 0 Å². The van der Waals surface area contributed by atoms with E-state index in [1.807, 2.05) is 0 Å². The van der Waals surface area contributed by atoms with Crippen LogP contribution in [-0.4, -0.2) is 17.7 Å². The lowest BCUT2D eigenvalue weighted by molar-refractivity contribution is -0.139. The van der Waals surface area contributed by atoms with Gasteiger partial charge in [-0.15, -0.1) is 0 Å². The molecule has 0 aromatic heterocycles. The molecule has 68 valence electrons. The monoisotopic (exact) mass is 226 g/mol. The fraction of sp³-hybridized carbons (Fsp3) is 1.00. The predicted octanol–water partition coefficient (Wildman–Crippen LogP) is 2.10. The van der Waals surface area contributed by atoms with Crippen molar-refractivity contribution in [3.63, 3.8) is 0 Å². The summed E-state index contributed by atoms with van der Waals surface area (Å²) in [7, 11) is 0. The number of hydrogen-bond donors (Lipinski definition) is 2. The maximum absolute atomic E-state index is 11.4. The standard InChI is InChI=1S/C3H6F3O2PS2/c4-3(5,6)1-2-8-9(7,10)11/h1-2H2,(H2,7,10,11). The van der Waals surface area contributed by atoms with Crippen molar-refractivity contribution in [2.24, 2.45) is 0 Å². The Labute approximate surface area is 72.1 Å². The molecule has 0 saturated carbocycles. The average molecular weight is 226 g/mol. The summed E-state index contributed by atoms with van der Waals surface area (Å²) in [5.74, 6) is 0. The molecule has 8 heteroatoms. The van der Waals surface area contributed by atoms with Crippen molar-refractivity contribution in [1.29, 1.82) is 0 Å². The molecule has 1 N–H and O–H groups in total. The number of hydrogen-bond acceptors (Lipinski definition) is 2. The number of rotatable bonds is 3. The van der Waals surface area contributed by atoms with E-state index in [0.717, 1.165) is 0 Å². The van der Waals surface area contributed by atoms with E-state index < -0.39 is 24.9 Å². The van der Waals surface area contributed by atoms with E-state index in [4.69, 9.17) is 4.89 Å². The molecule has 2 nitrogen and oxygen atoms in total. The Morgan fingerprint density at radius 1 is 1.55 bits per heavy atom. The van der Waals surface area contributed by atoms with Gasteiger partial charge in [0.15, 0.2) is 0 Å². The van der Waals surface area contributed by atoms with Gasteiger partial charge in [0.1, 0.15) is 0 Å². The molecular formula is C3H6F3O2PS2. The molecule has 0 amide bonds. The lowest BCUT2D eigenvalue weighted by atomic mass is 10.5. The highest BCUT2D eigenvalue weighted by molar-refractivity contribution is 8.59. The van der Waals surface area contributed by atoms with Crippen LogP contribution in [0, 0.1) is 0 Å². The van der Waals surface area contributed by atoms with E-state index in [1.165, 1.54) is 0 Å². The molecule has 0 aliphatic heterocycles. The predicted molar refractivity (Wildman–Crippen MR) is 42.1 cm³/mol.